The van der Waals surface area contributed by atoms with E-state index >= 15 is 0 Å². The molecular weight excluding hydrogens is 559 g/mol. The third-order valence-corrected chi connectivity index (χ3v) is 7.33. The van der Waals surface area contributed by atoms with Gasteiger partial charge in [0.25, 0.3) is 11.8 Å². The zero-order valence-electron chi connectivity index (χ0n) is 26.3. The SMILES string of the molecule is CC.CN.Cc1cc(C(=O)Nc2c(C)[nH]c(CC3C(=O)Nc4ccc(C(=O)NC(C)c5ccc(F)cc5)cc43)c2C)ccn1. The predicted octanol–water partition coefficient (Wildman–Crippen LogP) is 6.10. The minimum Gasteiger partial charge on any atom is -0.360 e. The smallest absolute Gasteiger partial charge is 0.255 e. The van der Waals surface area contributed by atoms with Gasteiger partial charge in [-0.15, -0.1) is 0 Å². The van der Waals surface area contributed by atoms with Crippen LogP contribution in [0.4, 0.5) is 15.8 Å². The molecule has 44 heavy (non-hydrogen) atoms. The van der Waals surface area contributed by atoms with Crippen LogP contribution in [0.25, 0.3) is 0 Å². The molecule has 232 valence electrons. The Morgan fingerprint density at radius 2 is 1.64 bits per heavy atom. The van der Waals surface area contributed by atoms with E-state index in [-0.39, 0.29) is 29.6 Å². The van der Waals surface area contributed by atoms with E-state index in [1.165, 1.54) is 19.2 Å². The monoisotopic (exact) mass is 600 g/mol. The first-order chi connectivity index (χ1) is 21.1. The van der Waals surface area contributed by atoms with Crippen molar-refractivity contribution in [2.75, 3.05) is 17.7 Å². The number of fused-ring (bicyclic) bond motifs is 1. The van der Waals surface area contributed by atoms with Gasteiger partial charge in [0.2, 0.25) is 5.91 Å². The van der Waals surface area contributed by atoms with Crippen molar-refractivity contribution in [3.63, 3.8) is 0 Å². The van der Waals surface area contributed by atoms with Crippen LogP contribution >= 0.6 is 0 Å². The van der Waals surface area contributed by atoms with Crippen LogP contribution in [0.1, 0.15) is 87.2 Å². The summed E-state index contributed by atoms with van der Waals surface area (Å²) in [5, 5.41) is 8.83. The molecular formula is C34H41FN6O3. The number of nitrogens with one attached hydrogen (secondary N) is 4. The molecule has 0 fully saturated rings. The van der Waals surface area contributed by atoms with Crippen LogP contribution in [-0.4, -0.2) is 34.7 Å². The molecule has 0 spiro atoms. The van der Waals surface area contributed by atoms with Gasteiger partial charge in [-0.05, 0) is 93.9 Å². The highest BCUT2D eigenvalue weighted by molar-refractivity contribution is 6.06. The third-order valence-electron chi connectivity index (χ3n) is 7.33. The van der Waals surface area contributed by atoms with E-state index in [4.69, 9.17) is 0 Å². The molecule has 3 heterocycles. The second kappa shape index (κ2) is 15.1. The number of hydrogen-bond donors (Lipinski definition) is 5. The summed E-state index contributed by atoms with van der Waals surface area (Å²) in [6.07, 6.45) is 1.97. The van der Waals surface area contributed by atoms with Gasteiger partial charge < -0.3 is 26.7 Å². The third kappa shape index (κ3) is 7.57. The Morgan fingerprint density at radius 3 is 2.30 bits per heavy atom. The van der Waals surface area contributed by atoms with Crippen molar-refractivity contribution < 1.29 is 18.8 Å². The quantitative estimate of drug-likeness (QED) is 0.174. The number of aromatic amines is 1. The Hall–Kier alpha value is -4.83. The molecule has 2 atom stereocenters. The number of benzene rings is 2. The van der Waals surface area contributed by atoms with Crippen molar-refractivity contribution in [1.29, 1.82) is 0 Å². The maximum absolute atomic E-state index is 13.3. The van der Waals surface area contributed by atoms with Crippen molar-refractivity contribution >= 4 is 29.1 Å². The average molecular weight is 601 g/mol. The fourth-order valence-corrected chi connectivity index (χ4v) is 5.07. The highest BCUT2D eigenvalue weighted by Crippen LogP contribution is 2.37. The number of pyridine rings is 1. The van der Waals surface area contributed by atoms with Gasteiger partial charge >= 0.3 is 0 Å². The number of aromatic nitrogens is 2. The topological polar surface area (TPSA) is 142 Å². The van der Waals surface area contributed by atoms with Crippen molar-refractivity contribution in [2.45, 2.75) is 59.9 Å². The Balaban J connectivity index is 0.00000127. The van der Waals surface area contributed by atoms with Gasteiger partial charge in [-0.1, -0.05) is 26.0 Å². The number of carbonyl (C=O) groups excluding carboxylic acids is 3. The van der Waals surface area contributed by atoms with Gasteiger partial charge in [-0.25, -0.2) is 4.39 Å². The van der Waals surface area contributed by atoms with E-state index in [2.05, 4.69) is 31.7 Å². The number of hydrogen-bond acceptors (Lipinski definition) is 5. The van der Waals surface area contributed by atoms with Crippen molar-refractivity contribution in [3.8, 4) is 0 Å². The number of H-pyrrole nitrogens is 1. The maximum Gasteiger partial charge on any atom is 0.255 e. The molecule has 1 aliphatic heterocycles. The van der Waals surface area contributed by atoms with Crippen molar-refractivity contribution in [3.05, 3.63) is 112 Å². The first kappa shape index (κ1) is 33.7. The molecule has 0 radical (unpaired) electrons. The fourth-order valence-electron chi connectivity index (χ4n) is 5.07. The normalized spacial score (nSPS) is 13.8. The van der Waals surface area contributed by atoms with Gasteiger partial charge in [-0.3, -0.25) is 19.4 Å². The summed E-state index contributed by atoms with van der Waals surface area (Å²) >= 11 is 0. The molecule has 2 unspecified atom stereocenters. The van der Waals surface area contributed by atoms with E-state index in [1.54, 1.807) is 48.7 Å². The molecule has 10 heteroatoms. The summed E-state index contributed by atoms with van der Waals surface area (Å²) in [6, 6.07) is 14.2. The van der Waals surface area contributed by atoms with Gasteiger partial charge in [-0.2, -0.15) is 0 Å². The van der Waals surface area contributed by atoms with E-state index in [9.17, 15) is 18.8 Å². The number of aryl methyl sites for hydroxylation is 2. The molecule has 9 nitrogen and oxygen atoms in total. The zero-order valence-corrected chi connectivity index (χ0v) is 26.3. The van der Waals surface area contributed by atoms with E-state index in [1.807, 2.05) is 41.5 Å². The lowest BCUT2D eigenvalue weighted by Gasteiger charge is -2.15. The molecule has 4 aromatic rings. The molecule has 0 saturated carbocycles. The lowest BCUT2D eigenvalue weighted by atomic mass is 9.93. The number of amides is 3. The zero-order chi connectivity index (χ0) is 32.6. The predicted molar refractivity (Wildman–Crippen MR) is 172 cm³/mol. The van der Waals surface area contributed by atoms with Gasteiger partial charge in [0.1, 0.15) is 5.82 Å². The summed E-state index contributed by atoms with van der Waals surface area (Å²) in [5.41, 5.74) is 11.5. The van der Waals surface area contributed by atoms with E-state index in [0.717, 1.165) is 33.8 Å². The lowest BCUT2D eigenvalue weighted by molar-refractivity contribution is -0.117. The Labute approximate surface area is 257 Å². The molecule has 6 N–H and O–H groups in total. The molecule has 0 aliphatic carbocycles. The molecule has 0 saturated heterocycles. The standard InChI is InChI=1S/C31H30FN5O3.C2H6.CH5N/c1-16-13-22(11-12-33-16)30(39)37-28-17(2)27(34-19(28)4)15-25-24-14-21(7-10-26(24)36-31(25)40)29(38)35-18(3)20-5-8-23(32)9-6-20;2*1-2/h5-14,18,25,34H,15H2,1-4H3,(H,35,38)(H,36,40)(H,37,39);1-2H3;2H2,1H3. The van der Waals surface area contributed by atoms with E-state index < -0.39 is 5.92 Å². The highest BCUT2D eigenvalue weighted by atomic mass is 19.1. The van der Waals surface area contributed by atoms with Crippen LogP contribution in [0.15, 0.2) is 60.8 Å². The van der Waals surface area contributed by atoms with Crippen LogP contribution in [-0.2, 0) is 11.2 Å². The Bertz CT molecular complexity index is 1630. The second-order valence-corrected chi connectivity index (χ2v) is 10.2. The number of rotatable bonds is 7. The van der Waals surface area contributed by atoms with Gasteiger partial charge in [0.15, 0.2) is 0 Å². The summed E-state index contributed by atoms with van der Waals surface area (Å²) in [7, 11) is 1.50. The Kier molecular flexibility index (Phi) is 11.5. The van der Waals surface area contributed by atoms with Crippen LogP contribution in [0, 0.1) is 26.6 Å². The van der Waals surface area contributed by atoms with Crippen LogP contribution in [0.3, 0.4) is 0 Å². The lowest BCUT2D eigenvalue weighted by Crippen LogP contribution is -2.26. The molecule has 0 bridgehead atoms. The summed E-state index contributed by atoms with van der Waals surface area (Å²) in [6.45, 7) is 11.4. The second-order valence-electron chi connectivity index (χ2n) is 10.2. The summed E-state index contributed by atoms with van der Waals surface area (Å²) in [5.74, 6) is -1.54. The molecule has 2 aromatic carbocycles. The minimum absolute atomic E-state index is 0.156. The molecule has 1 aliphatic rings. The largest absolute Gasteiger partial charge is 0.360 e. The molecule has 5 rings (SSSR count). The molecule has 3 amide bonds. The average Bonchev–Trinajstić information content (AvgIpc) is 3.48. The molecule has 2 aromatic heterocycles. The number of carbonyl (C=O) groups is 3. The fraction of sp³-hybridized carbons (Fsp3) is 0.294. The number of nitrogens with two attached hydrogens (primary N) is 1. The number of halogens is 1. The first-order valence-electron chi connectivity index (χ1n) is 14.6. The highest BCUT2D eigenvalue weighted by Gasteiger charge is 2.33. The van der Waals surface area contributed by atoms with Gasteiger partial charge in [0, 0.05) is 46.5 Å². The first-order valence-corrected chi connectivity index (χ1v) is 14.6. The maximum atomic E-state index is 13.3. The summed E-state index contributed by atoms with van der Waals surface area (Å²) in [4.78, 5) is 46.3. The Morgan fingerprint density at radius 1 is 0.977 bits per heavy atom. The van der Waals surface area contributed by atoms with E-state index in [0.29, 0.717) is 28.9 Å². The number of nitrogens with zero attached hydrogens (tertiary/aromatic N) is 1. The van der Waals surface area contributed by atoms with Crippen LogP contribution in [0.2, 0.25) is 0 Å². The van der Waals surface area contributed by atoms with Crippen LogP contribution < -0.4 is 21.7 Å². The summed E-state index contributed by atoms with van der Waals surface area (Å²) < 4.78 is 13.3. The van der Waals surface area contributed by atoms with Crippen molar-refractivity contribution in [2.24, 2.45) is 5.73 Å². The number of anilines is 2. The van der Waals surface area contributed by atoms with Crippen LogP contribution in [0.5, 0.6) is 0 Å². The minimum atomic E-state index is -0.513. The van der Waals surface area contributed by atoms with Gasteiger partial charge in [0.05, 0.1) is 17.6 Å². The van der Waals surface area contributed by atoms with Crippen molar-refractivity contribution in [1.82, 2.24) is 15.3 Å².